The van der Waals surface area contributed by atoms with E-state index in [9.17, 15) is 5.11 Å². The lowest BCUT2D eigenvalue weighted by molar-refractivity contribution is -0.0767. The Bertz CT molecular complexity index is 569. The molecule has 1 atom stereocenters. The predicted octanol–water partition coefficient (Wildman–Crippen LogP) is 2.70. The van der Waals surface area contributed by atoms with E-state index in [-0.39, 0.29) is 0 Å². The van der Waals surface area contributed by atoms with Crippen LogP contribution in [0.1, 0.15) is 17.5 Å². The number of rotatable bonds is 4. The number of aliphatic hydroxyl groups excluding tert-OH is 1. The van der Waals surface area contributed by atoms with Gasteiger partial charge in [0.15, 0.2) is 6.29 Å². The molecule has 0 amide bonds. The number of aliphatic hydroxyl groups is 1. The summed E-state index contributed by atoms with van der Waals surface area (Å²) in [4.78, 5) is 4.21. The van der Waals surface area contributed by atoms with Crippen molar-refractivity contribution in [3.63, 3.8) is 0 Å². The zero-order valence-electron chi connectivity index (χ0n) is 11.3. The number of aromatic nitrogens is 1. The third kappa shape index (κ3) is 2.75. The number of nitrogens with zero attached hydrogens (tertiary/aromatic N) is 1. The molecule has 0 radical (unpaired) electrons. The van der Waals surface area contributed by atoms with Gasteiger partial charge in [-0.15, -0.1) is 0 Å². The molecule has 1 aromatic heterocycles. The molecule has 100 valence electrons. The van der Waals surface area contributed by atoms with E-state index in [1.807, 2.05) is 37.3 Å². The van der Waals surface area contributed by atoms with Crippen LogP contribution in [0, 0.1) is 6.92 Å². The molecule has 1 unspecified atom stereocenters. The van der Waals surface area contributed by atoms with Crippen LogP contribution in [0.25, 0.3) is 11.1 Å². The van der Waals surface area contributed by atoms with Gasteiger partial charge in [0.05, 0.1) is 7.11 Å². The third-order valence-corrected chi connectivity index (χ3v) is 2.96. The van der Waals surface area contributed by atoms with E-state index in [2.05, 4.69) is 4.98 Å². The van der Waals surface area contributed by atoms with Gasteiger partial charge in [0.1, 0.15) is 5.75 Å². The highest BCUT2D eigenvalue weighted by Crippen LogP contribution is 2.34. The number of aryl methyl sites for hydroxylation is 1. The molecule has 0 bridgehead atoms. The highest BCUT2D eigenvalue weighted by molar-refractivity contribution is 5.73. The summed E-state index contributed by atoms with van der Waals surface area (Å²) < 4.78 is 10.4. The Morgan fingerprint density at radius 3 is 2.58 bits per heavy atom. The average molecular weight is 259 g/mol. The van der Waals surface area contributed by atoms with Crippen molar-refractivity contribution in [2.24, 2.45) is 0 Å². The summed E-state index contributed by atoms with van der Waals surface area (Å²) in [7, 11) is 3.08. The maximum Gasteiger partial charge on any atom is 0.182 e. The molecule has 1 aromatic carbocycles. The highest BCUT2D eigenvalue weighted by Gasteiger charge is 2.16. The van der Waals surface area contributed by atoms with E-state index in [1.165, 1.54) is 7.11 Å². The fraction of sp³-hybridized carbons (Fsp3) is 0.267. The second-order valence-electron chi connectivity index (χ2n) is 4.20. The summed E-state index contributed by atoms with van der Waals surface area (Å²) in [6.45, 7) is 1.90. The Kier molecular flexibility index (Phi) is 4.14. The van der Waals surface area contributed by atoms with Gasteiger partial charge in [0.25, 0.3) is 0 Å². The van der Waals surface area contributed by atoms with Crippen LogP contribution in [0.3, 0.4) is 0 Å². The first-order valence-electron chi connectivity index (χ1n) is 5.98. The number of hydrogen-bond donors (Lipinski definition) is 1. The first-order chi connectivity index (χ1) is 9.17. The monoisotopic (exact) mass is 259 g/mol. The summed E-state index contributed by atoms with van der Waals surface area (Å²) in [5, 5.41) is 9.92. The van der Waals surface area contributed by atoms with Crippen LogP contribution >= 0.6 is 0 Å². The van der Waals surface area contributed by atoms with Gasteiger partial charge >= 0.3 is 0 Å². The van der Waals surface area contributed by atoms with Crippen molar-refractivity contribution < 1.29 is 14.6 Å². The maximum absolute atomic E-state index is 9.92. The van der Waals surface area contributed by atoms with Gasteiger partial charge in [-0.1, -0.05) is 18.2 Å². The highest BCUT2D eigenvalue weighted by atomic mass is 16.6. The summed E-state index contributed by atoms with van der Waals surface area (Å²) in [5.74, 6) is 0.748. The van der Waals surface area contributed by atoms with Crippen molar-refractivity contribution in [1.29, 1.82) is 0 Å². The second kappa shape index (κ2) is 5.82. The van der Waals surface area contributed by atoms with Crippen LogP contribution in [-0.4, -0.2) is 24.3 Å². The van der Waals surface area contributed by atoms with Gasteiger partial charge < -0.3 is 14.6 Å². The molecule has 4 nitrogen and oxygen atoms in total. The minimum atomic E-state index is -1.01. The van der Waals surface area contributed by atoms with Crippen LogP contribution in [0.4, 0.5) is 0 Å². The van der Waals surface area contributed by atoms with Crippen LogP contribution < -0.4 is 4.74 Å². The zero-order valence-corrected chi connectivity index (χ0v) is 11.3. The average Bonchev–Trinajstić information content (AvgIpc) is 2.46. The van der Waals surface area contributed by atoms with E-state index in [0.717, 1.165) is 22.6 Å². The smallest absolute Gasteiger partial charge is 0.182 e. The Labute approximate surface area is 112 Å². The van der Waals surface area contributed by atoms with Gasteiger partial charge in [-0.05, 0) is 24.6 Å². The van der Waals surface area contributed by atoms with Gasteiger partial charge in [-0.3, -0.25) is 4.98 Å². The second-order valence-corrected chi connectivity index (χ2v) is 4.20. The van der Waals surface area contributed by atoms with Gasteiger partial charge in [0.2, 0.25) is 0 Å². The van der Waals surface area contributed by atoms with Gasteiger partial charge in [0, 0.05) is 30.1 Å². The van der Waals surface area contributed by atoms with Crippen molar-refractivity contribution in [3.05, 3.63) is 47.8 Å². The molecule has 0 fully saturated rings. The molecule has 0 aliphatic heterocycles. The number of ether oxygens (including phenoxy) is 2. The minimum absolute atomic E-state index is 0.623. The summed E-state index contributed by atoms with van der Waals surface area (Å²) in [6, 6.07) is 9.57. The van der Waals surface area contributed by atoms with Crippen LogP contribution in [0.5, 0.6) is 5.75 Å². The number of benzene rings is 1. The standard InChI is InChI=1S/C15H17NO3/c1-10-8-12(13(9-16-10)15(17)19-3)11-6-4-5-7-14(11)18-2/h4-9,15,17H,1-3H3. The normalized spacial score (nSPS) is 12.2. The Balaban J connectivity index is 2.63. The van der Waals surface area contributed by atoms with Gasteiger partial charge in [-0.2, -0.15) is 0 Å². The minimum Gasteiger partial charge on any atom is -0.496 e. The summed E-state index contributed by atoms with van der Waals surface area (Å²) in [6.07, 6.45) is 0.624. The fourth-order valence-electron chi connectivity index (χ4n) is 1.99. The number of hydrogen-bond acceptors (Lipinski definition) is 4. The van der Waals surface area contributed by atoms with Crippen molar-refractivity contribution in [2.75, 3.05) is 14.2 Å². The molecule has 0 saturated carbocycles. The van der Waals surface area contributed by atoms with Crippen LogP contribution in [-0.2, 0) is 4.74 Å². The van der Waals surface area contributed by atoms with Gasteiger partial charge in [-0.25, -0.2) is 0 Å². The van der Waals surface area contributed by atoms with Crippen molar-refractivity contribution in [2.45, 2.75) is 13.2 Å². The summed E-state index contributed by atoms with van der Waals surface area (Å²) in [5.41, 5.74) is 3.26. The molecule has 1 heterocycles. The lowest BCUT2D eigenvalue weighted by Crippen LogP contribution is -2.04. The lowest BCUT2D eigenvalue weighted by atomic mass is 9.99. The topological polar surface area (TPSA) is 51.6 Å². The Morgan fingerprint density at radius 2 is 1.89 bits per heavy atom. The maximum atomic E-state index is 9.92. The molecule has 0 spiro atoms. The predicted molar refractivity (Wildman–Crippen MR) is 72.9 cm³/mol. The quantitative estimate of drug-likeness (QED) is 0.858. The zero-order chi connectivity index (χ0) is 13.8. The molecule has 2 aromatic rings. The third-order valence-electron chi connectivity index (χ3n) is 2.96. The van der Waals surface area contributed by atoms with E-state index < -0.39 is 6.29 Å². The van der Waals surface area contributed by atoms with Crippen molar-refractivity contribution >= 4 is 0 Å². The molecule has 0 aliphatic rings. The first-order valence-corrected chi connectivity index (χ1v) is 5.98. The molecule has 0 aliphatic carbocycles. The molecule has 4 heteroatoms. The first kappa shape index (κ1) is 13.5. The largest absolute Gasteiger partial charge is 0.496 e. The van der Waals surface area contributed by atoms with E-state index in [1.54, 1.807) is 13.3 Å². The van der Waals surface area contributed by atoms with E-state index in [4.69, 9.17) is 9.47 Å². The molecule has 0 saturated heterocycles. The number of pyridine rings is 1. The Morgan fingerprint density at radius 1 is 1.16 bits per heavy atom. The molecule has 19 heavy (non-hydrogen) atoms. The van der Waals surface area contributed by atoms with Crippen molar-refractivity contribution in [3.8, 4) is 16.9 Å². The molecule has 2 rings (SSSR count). The SMILES string of the molecule is COc1ccccc1-c1cc(C)ncc1C(O)OC. The Hall–Kier alpha value is -1.91. The number of methoxy groups -OCH3 is 2. The van der Waals surface area contributed by atoms with Crippen molar-refractivity contribution in [1.82, 2.24) is 4.98 Å². The van der Waals surface area contributed by atoms with E-state index in [0.29, 0.717) is 5.56 Å². The lowest BCUT2D eigenvalue weighted by Gasteiger charge is -2.16. The number of para-hydroxylation sites is 1. The fourth-order valence-corrected chi connectivity index (χ4v) is 1.99. The molecule has 1 N–H and O–H groups in total. The molecular weight excluding hydrogens is 242 g/mol. The van der Waals surface area contributed by atoms with Crippen LogP contribution in [0.2, 0.25) is 0 Å². The summed E-state index contributed by atoms with van der Waals surface area (Å²) >= 11 is 0. The van der Waals surface area contributed by atoms with Crippen LogP contribution in [0.15, 0.2) is 36.5 Å². The molecular formula is C15H17NO3. The van der Waals surface area contributed by atoms with E-state index >= 15 is 0 Å².